The second-order valence-corrected chi connectivity index (χ2v) is 4.96. The Kier molecular flexibility index (Phi) is 2.81. The Morgan fingerprint density at radius 2 is 2.33 bits per heavy atom. The Bertz CT molecular complexity index is 450. The highest BCUT2D eigenvalue weighted by molar-refractivity contribution is 5.88. The fourth-order valence-electron chi connectivity index (χ4n) is 2.32. The molecular formula is C13H15NO4. The second kappa shape index (κ2) is 4.48. The molecule has 2 heterocycles. The minimum absolute atomic E-state index is 0.133. The highest BCUT2D eigenvalue weighted by Crippen LogP contribution is 2.32. The van der Waals surface area contributed by atoms with E-state index in [0.717, 1.165) is 19.4 Å². The fourth-order valence-corrected chi connectivity index (χ4v) is 2.32. The van der Waals surface area contributed by atoms with E-state index in [1.54, 1.807) is 6.07 Å². The Balaban J connectivity index is 1.49. The molecule has 1 aliphatic carbocycles. The van der Waals surface area contributed by atoms with Crippen molar-refractivity contribution < 1.29 is 18.7 Å². The quantitative estimate of drug-likeness (QED) is 0.758. The van der Waals surface area contributed by atoms with Crippen LogP contribution < -0.4 is 0 Å². The molecule has 1 amide bonds. The third kappa shape index (κ3) is 2.25. The van der Waals surface area contributed by atoms with Gasteiger partial charge in [0.25, 0.3) is 0 Å². The molecule has 0 N–H and O–H groups in total. The van der Waals surface area contributed by atoms with Crippen molar-refractivity contribution in [3.05, 3.63) is 24.2 Å². The van der Waals surface area contributed by atoms with Crippen molar-refractivity contribution in [2.75, 3.05) is 13.2 Å². The highest BCUT2D eigenvalue weighted by Gasteiger charge is 2.39. The minimum Gasteiger partial charge on any atom is -0.472 e. The molecule has 0 bridgehead atoms. The van der Waals surface area contributed by atoms with E-state index < -0.39 is 0 Å². The van der Waals surface area contributed by atoms with Gasteiger partial charge in [0, 0.05) is 24.9 Å². The molecule has 1 atom stereocenters. The predicted molar refractivity (Wildman–Crippen MR) is 61.8 cm³/mol. The zero-order valence-electron chi connectivity index (χ0n) is 10.0. The number of furan rings is 1. The summed E-state index contributed by atoms with van der Waals surface area (Å²) in [6.07, 6.45) is 5.53. The maximum absolute atomic E-state index is 11.7. The zero-order chi connectivity index (χ0) is 12.5. The van der Waals surface area contributed by atoms with Crippen molar-refractivity contribution in [1.82, 2.24) is 4.90 Å². The van der Waals surface area contributed by atoms with Gasteiger partial charge in [-0.25, -0.2) is 4.79 Å². The van der Waals surface area contributed by atoms with Gasteiger partial charge in [-0.1, -0.05) is 0 Å². The summed E-state index contributed by atoms with van der Waals surface area (Å²) in [5.74, 6) is -0.0584. The van der Waals surface area contributed by atoms with E-state index in [9.17, 15) is 9.59 Å². The van der Waals surface area contributed by atoms with Crippen LogP contribution in [0.2, 0.25) is 0 Å². The molecule has 1 saturated heterocycles. The van der Waals surface area contributed by atoms with Gasteiger partial charge in [-0.15, -0.1) is 0 Å². The number of carbonyl (C=O) groups excluding carboxylic acids is 2. The molecule has 0 aromatic carbocycles. The van der Waals surface area contributed by atoms with Crippen molar-refractivity contribution in [2.24, 2.45) is 5.92 Å². The molecule has 1 saturated carbocycles. The highest BCUT2D eigenvalue weighted by atomic mass is 16.5. The normalized spacial score (nSPS) is 23.4. The van der Waals surface area contributed by atoms with Gasteiger partial charge in [-0.05, 0) is 18.9 Å². The van der Waals surface area contributed by atoms with Crippen LogP contribution in [0.5, 0.6) is 0 Å². The van der Waals surface area contributed by atoms with Crippen molar-refractivity contribution in [1.29, 1.82) is 0 Å². The van der Waals surface area contributed by atoms with Crippen LogP contribution in [0.25, 0.3) is 0 Å². The molecule has 1 aliphatic heterocycles. The summed E-state index contributed by atoms with van der Waals surface area (Å²) >= 11 is 0. The molecular weight excluding hydrogens is 234 g/mol. The van der Waals surface area contributed by atoms with Crippen LogP contribution >= 0.6 is 0 Å². The maximum atomic E-state index is 11.7. The molecule has 3 rings (SSSR count). The van der Waals surface area contributed by atoms with Gasteiger partial charge in [0.2, 0.25) is 5.91 Å². The number of esters is 1. The van der Waals surface area contributed by atoms with Crippen LogP contribution in [0.15, 0.2) is 23.0 Å². The van der Waals surface area contributed by atoms with E-state index in [2.05, 4.69) is 0 Å². The topological polar surface area (TPSA) is 59.8 Å². The summed E-state index contributed by atoms with van der Waals surface area (Å²) in [6, 6.07) is 2.02. The number of amides is 1. The van der Waals surface area contributed by atoms with Gasteiger partial charge in [0.15, 0.2) is 0 Å². The molecule has 2 fully saturated rings. The van der Waals surface area contributed by atoms with Crippen molar-refractivity contribution in [3.63, 3.8) is 0 Å². The minimum atomic E-state index is -0.388. The Labute approximate surface area is 105 Å². The number of hydrogen-bond donors (Lipinski definition) is 0. The molecule has 5 nitrogen and oxygen atoms in total. The van der Waals surface area contributed by atoms with Gasteiger partial charge >= 0.3 is 5.97 Å². The first-order valence-electron chi connectivity index (χ1n) is 6.23. The van der Waals surface area contributed by atoms with Gasteiger partial charge in [-0.3, -0.25) is 4.79 Å². The average Bonchev–Trinajstić information content (AvgIpc) is 2.91. The van der Waals surface area contributed by atoms with Crippen LogP contribution in [0.4, 0.5) is 0 Å². The summed E-state index contributed by atoms with van der Waals surface area (Å²) < 4.78 is 10.0. The summed E-state index contributed by atoms with van der Waals surface area (Å²) in [5, 5.41) is 0. The Morgan fingerprint density at radius 3 is 3.00 bits per heavy atom. The van der Waals surface area contributed by atoms with E-state index in [0.29, 0.717) is 24.6 Å². The molecule has 2 aliphatic rings. The van der Waals surface area contributed by atoms with E-state index in [1.165, 1.54) is 12.5 Å². The van der Waals surface area contributed by atoms with E-state index in [1.807, 2.05) is 4.90 Å². The molecule has 96 valence electrons. The Morgan fingerprint density at radius 1 is 1.50 bits per heavy atom. The lowest BCUT2D eigenvalue weighted by atomic mass is 10.1. The number of carbonyl (C=O) groups is 2. The van der Waals surface area contributed by atoms with Gasteiger partial charge in [-0.2, -0.15) is 0 Å². The largest absolute Gasteiger partial charge is 0.472 e. The fraction of sp³-hybridized carbons (Fsp3) is 0.538. The van der Waals surface area contributed by atoms with Crippen LogP contribution in [-0.4, -0.2) is 36.0 Å². The first-order valence-corrected chi connectivity index (χ1v) is 6.23. The van der Waals surface area contributed by atoms with E-state index >= 15 is 0 Å². The van der Waals surface area contributed by atoms with Crippen LogP contribution in [-0.2, 0) is 9.53 Å². The number of nitrogens with zero attached hydrogens (tertiary/aromatic N) is 1. The maximum Gasteiger partial charge on any atom is 0.341 e. The zero-order valence-corrected chi connectivity index (χ0v) is 10.0. The van der Waals surface area contributed by atoms with Crippen LogP contribution in [0.1, 0.15) is 29.6 Å². The van der Waals surface area contributed by atoms with Crippen molar-refractivity contribution in [2.45, 2.75) is 25.3 Å². The summed E-state index contributed by atoms with van der Waals surface area (Å²) in [7, 11) is 0. The smallest absolute Gasteiger partial charge is 0.341 e. The first-order chi connectivity index (χ1) is 8.74. The van der Waals surface area contributed by atoms with Crippen molar-refractivity contribution in [3.8, 4) is 0 Å². The molecule has 0 unspecified atom stereocenters. The molecule has 18 heavy (non-hydrogen) atoms. The third-order valence-corrected chi connectivity index (χ3v) is 3.43. The van der Waals surface area contributed by atoms with Crippen LogP contribution in [0.3, 0.4) is 0 Å². The number of hydrogen-bond acceptors (Lipinski definition) is 4. The summed E-state index contributed by atoms with van der Waals surface area (Å²) in [4.78, 5) is 25.2. The standard InChI is InChI=1S/C13H15NO4/c15-12-5-9(6-14(12)11-1-2-11)7-18-13(16)10-3-4-17-8-10/h3-4,8-9,11H,1-2,5-7H2/t9-/m1/s1. The average molecular weight is 249 g/mol. The lowest BCUT2D eigenvalue weighted by molar-refractivity contribution is -0.128. The SMILES string of the molecule is O=C(OC[C@@H]1CC(=O)N(C2CC2)C1)c1ccoc1. The summed E-state index contributed by atoms with van der Waals surface area (Å²) in [6.45, 7) is 1.03. The molecule has 1 aromatic heterocycles. The number of ether oxygens (including phenoxy) is 1. The van der Waals surface area contributed by atoms with E-state index in [4.69, 9.17) is 9.15 Å². The monoisotopic (exact) mass is 249 g/mol. The summed E-state index contributed by atoms with van der Waals surface area (Å²) in [5.41, 5.74) is 0.415. The first kappa shape index (κ1) is 11.3. The second-order valence-electron chi connectivity index (χ2n) is 4.96. The van der Waals surface area contributed by atoms with Crippen LogP contribution in [0, 0.1) is 5.92 Å². The number of likely N-dealkylation sites (tertiary alicyclic amines) is 1. The van der Waals surface area contributed by atoms with Gasteiger partial charge in [0.05, 0.1) is 18.4 Å². The molecule has 5 heteroatoms. The van der Waals surface area contributed by atoms with Gasteiger partial charge < -0.3 is 14.1 Å². The molecule has 0 radical (unpaired) electrons. The lowest BCUT2D eigenvalue weighted by Gasteiger charge is -2.15. The van der Waals surface area contributed by atoms with E-state index in [-0.39, 0.29) is 17.8 Å². The molecule has 0 spiro atoms. The number of rotatable bonds is 4. The van der Waals surface area contributed by atoms with Gasteiger partial charge in [0.1, 0.15) is 6.26 Å². The van der Waals surface area contributed by atoms with Crippen molar-refractivity contribution >= 4 is 11.9 Å². The Hall–Kier alpha value is -1.78. The molecule has 1 aromatic rings. The predicted octanol–water partition coefficient (Wildman–Crippen LogP) is 1.45. The third-order valence-electron chi connectivity index (χ3n) is 3.43. The lowest BCUT2D eigenvalue weighted by Crippen LogP contribution is -2.27.